The molecular weight excluding hydrogens is 194 g/mol. The van der Waals surface area contributed by atoms with Crippen LogP contribution in [-0.4, -0.2) is 0 Å². The molecule has 0 fully saturated rings. The normalized spacial score (nSPS) is 9.50. The zero-order valence-electron chi connectivity index (χ0n) is 9.79. The van der Waals surface area contributed by atoms with Gasteiger partial charge in [0.15, 0.2) is 0 Å². The van der Waals surface area contributed by atoms with E-state index >= 15 is 0 Å². The second-order valence-corrected chi connectivity index (χ2v) is 3.08. The van der Waals surface area contributed by atoms with Gasteiger partial charge in [0.05, 0.1) is 0 Å². The Hall–Kier alpha value is -1.76. The summed E-state index contributed by atoms with van der Waals surface area (Å²) < 4.78 is 0. The van der Waals surface area contributed by atoms with Crippen LogP contribution in [-0.2, 0) is 0 Å². The molecule has 0 aromatic carbocycles. The van der Waals surface area contributed by atoms with Gasteiger partial charge in [0, 0.05) is 5.70 Å². The maximum absolute atomic E-state index is 5.42. The quantitative estimate of drug-likeness (QED) is 0.691. The van der Waals surface area contributed by atoms with Gasteiger partial charge in [0.2, 0.25) is 0 Å². The Morgan fingerprint density at radius 3 is 1.69 bits per heavy atom. The Labute approximate surface area is 101 Å². The summed E-state index contributed by atoms with van der Waals surface area (Å²) >= 11 is 0. The lowest BCUT2D eigenvalue weighted by Gasteiger charge is -1.93. The van der Waals surface area contributed by atoms with Gasteiger partial charge in [0.1, 0.15) is 0 Å². The predicted octanol–water partition coefficient (Wildman–Crippen LogP) is 4.53. The highest BCUT2D eigenvalue weighted by Crippen LogP contribution is 1.96. The van der Waals surface area contributed by atoms with Crippen LogP contribution in [0.4, 0.5) is 0 Å². The molecule has 0 amide bonds. The first-order chi connectivity index (χ1) is 6.95. The average molecular weight is 219 g/mol. The SMILES string of the molecule is C.C=C/C=C(/N)C(=C)C.C=C/C=C\C(=C)C. The highest BCUT2D eigenvalue weighted by atomic mass is 14.6. The van der Waals surface area contributed by atoms with Gasteiger partial charge in [-0.2, -0.15) is 0 Å². The lowest BCUT2D eigenvalue weighted by Crippen LogP contribution is -1.95. The number of nitrogens with two attached hydrogens (primary N) is 1. The molecule has 0 rings (SSSR count). The fraction of sp³-hybridized carbons (Fsp3) is 0.200. The van der Waals surface area contributed by atoms with Crippen LogP contribution in [0.25, 0.3) is 0 Å². The Balaban J connectivity index is -0.000000200. The second-order valence-electron chi connectivity index (χ2n) is 3.08. The third kappa shape index (κ3) is 18.1. The molecule has 0 spiro atoms. The summed E-state index contributed by atoms with van der Waals surface area (Å²) in [7, 11) is 0. The minimum absolute atomic E-state index is 0. The molecular formula is C15H25N. The summed E-state index contributed by atoms with van der Waals surface area (Å²) in [6.07, 6.45) is 8.87. The molecule has 0 aromatic rings. The topological polar surface area (TPSA) is 26.0 Å². The van der Waals surface area contributed by atoms with Crippen molar-refractivity contribution in [2.75, 3.05) is 0 Å². The largest absolute Gasteiger partial charge is 0.399 e. The lowest BCUT2D eigenvalue weighted by molar-refractivity contribution is 1.31. The molecule has 16 heavy (non-hydrogen) atoms. The van der Waals surface area contributed by atoms with Crippen LogP contribution in [0, 0.1) is 0 Å². The van der Waals surface area contributed by atoms with E-state index in [4.69, 9.17) is 5.73 Å². The summed E-state index contributed by atoms with van der Waals surface area (Å²) in [6, 6.07) is 0. The third-order valence-corrected chi connectivity index (χ3v) is 1.31. The molecule has 0 saturated heterocycles. The van der Waals surface area contributed by atoms with Crippen molar-refractivity contribution >= 4 is 0 Å². The molecule has 1 heteroatoms. The number of allylic oxidation sites excluding steroid dienone is 7. The summed E-state index contributed by atoms with van der Waals surface area (Å²) in [5.41, 5.74) is 8.05. The molecule has 0 heterocycles. The van der Waals surface area contributed by atoms with Crippen LogP contribution >= 0.6 is 0 Å². The van der Waals surface area contributed by atoms with Crippen molar-refractivity contribution in [1.82, 2.24) is 0 Å². The van der Waals surface area contributed by atoms with Crippen molar-refractivity contribution < 1.29 is 0 Å². The molecule has 2 N–H and O–H groups in total. The van der Waals surface area contributed by atoms with Crippen molar-refractivity contribution in [3.8, 4) is 0 Å². The van der Waals surface area contributed by atoms with E-state index in [1.165, 1.54) is 0 Å². The molecule has 0 aliphatic rings. The van der Waals surface area contributed by atoms with Gasteiger partial charge in [-0.15, -0.1) is 0 Å². The summed E-state index contributed by atoms with van der Waals surface area (Å²) in [5.74, 6) is 0. The van der Waals surface area contributed by atoms with Crippen LogP contribution in [0.2, 0.25) is 0 Å². The Bertz CT molecular complexity index is 291. The van der Waals surface area contributed by atoms with E-state index in [1.807, 2.05) is 26.0 Å². The molecule has 0 saturated carbocycles. The first-order valence-electron chi connectivity index (χ1n) is 4.64. The van der Waals surface area contributed by atoms with E-state index in [1.54, 1.807) is 18.2 Å². The van der Waals surface area contributed by atoms with Gasteiger partial charge in [-0.25, -0.2) is 0 Å². The van der Waals surface area contributed by atoms with Gasteiger partial charge in [-0.1, -0.05) is 63.6 Å². The van der Waals surface area contributed by atoms with Crippen LogP contribution in [0.1, 0.15) is 21.3 Å². The maximum Gasteiger partial charge on any atom is 0.0337 e. The van der Waals surface area contributed by atoms with Gasteiger partial charge in [-0.3, -0.25) is 0 Å². The molecule has 0 aliphatic heterocycles. The molecule has 0 bridgehead atoms. The molecule has 90 valence electrons. The minimum atomic E-state index is 0. The molecule has 0 aliphatic carbocycles. The van der Waals surface area contributed by atoms with Crippen LogP contribution < -0.4 is 5.73 Å². The number of hydrogen-bond donors (Lipinski definition) is 1. The van der Waals surface area contributed by atoms with E-state index in [9.17, 15) is 0 Å². The fourth-order valence-electron chi connectivity index (χ4n) is 0.502. The first-order valence-corrected chi connectivity index (χ1v) is 4.64. The van der Waals surface area contributed by atoms with Gasteiger partial charge >= 0.3 is 0 Å². The smallest absolute Gasteiger partial charge is 0.0337 e. The summed E-state index contributed by atoms with van der Waals surface area (Å²) in [4.78, 5) is 0. The van der Waals surface area contributed by atoms with Crippen molar-refractivity contribution in [2.24, 2.45) is 5.73 Å². The molecule has 0 unspecified atom stereocenters. The lowest BCUT2D eigenvalue weighted by atomic mass is 10.2. The standard InChI is InChI=1S/C7H11N.C7H10.CH4/c1-4-5-7(8)6(2)3;1-4-5-6-7(2)3;/h4-5H,1-2,8H2,3H3;4-6H,1-2H2,3H3;1H4/b7-5+;6-5-;. The molecule has 1 nitrogen and oxygen atoms in total. The summed E-state index contributed by atoms with van der Waals surface area (Å²) in [6.45, 7) is 18.1. The zero-order valence-corrected chi connectivity index (χ0v) is 9.79. The highest BCUT2D eigenvalue weighted by Gasteiger charge is 1.83. The van der Waals surface area contributed by atoms with Crippen molar-refractivity contribution in [3.05, 3.63) is 73.5 Å². The van der Waals surface area contributed by atoms with Crippen LogP contribution in [0.3, 0.4) is 0 Å². The Morgan fingerprint density at radius 2 is 1.56 bits per heavy atom. The molecule has 0 aromatic heterocycles. The van der Waals surface area contributed by atoms with E-state index in [0.29, 0.717) is 5.70 Å². The molecule has 0 atom stereocenters. The maximum atomic E-state index is 5.42. The van der Waals surface area contributed by atoms with Crippen molar-refractivity contribution in [2.45, 2.75) is 21.3 Å². The zero-order chi connectivity index (χ0) is 12.3. The second kappa shape index (κ2) is 13.2. The number of rotatable bonds is 4. The van der Waals surface area contributed by atoms with Gasteiger partial charge < -0.3 is 5.73 Å². The van der Waals surface area contributed by atoms with Crippen molar-refractivity contribution in [3.63, 3.8) is 0 Å². The van der Waals surface area contributed by atoms with Gasteiger partial charge in [-0.05, 0) is 25.5 Å². The van der Waals surface area contributed by atoms with E-state index in [0.717, 1.165) is 11.1 Å². The van der Waals surface area contributed by atoms with Crippen LogP contribution in [0.15, 0.2) is 73.5 Å². The van der Waals surface area contributed by atoms with Crippen molar-refractivity contribution in [1.29, 1.82) is 0 Å². The molecule has 0 radical (unpaired) electrons. The number of hydrogen-bond acceptors (Lipinski definition) is 1. The van der Waals surface area contributed by atoms with E-state index in [2.05, 4.69) is 26.3 Å². The average Bonchev–Trinajstić information content (AvgIpc) is 2.16. The monoisotopic (exact) mass is 219 g/mol. The Morgan fingerprint density at radius 1 is 1.06 bits per heavy atom. The predicted molar refractivity (Wildman–Crippen MR) is 78.2 cm³/mol. The third-order valence-electron chi connectivity index (χ3n) is 1.31. The van der Waals surface area contributed by atoms with Crippen LogP contribution in [0.5, 0.6) is 0 Å². The Kier molecular flexibility index (Phi) is 16.4. The summed E-state index contributed by atoms with van der Waals surface area (Å²) in [5, 5.41) is 0. The van der Waals surface area contributed by atoms with E-state index < -0.39 is 0 Å². The minimum Gasteiger partial charge on any atom is -0.399 e. The fourth-order valence-corrected chi connectivity index (χ4v) is 0.502. The highest BCUT2D eigenvalue weighted by molar-refractivity contribution is 5.25. The first kappa shape index (κ1) is 19.8. The van der Waals surface area contributed by atoms with Gasteiger partial charge in [0.25, 0.3) is 0 Å². The van der Waals surface area contributed by atoms with E-state index in [-0.39, 0.29) is 7.43 Å².